The van der Waals surface area contributed by atoms with Crippen molar-refractivity contribution in [3.8, 4) is 38.6 Å². The fourth-order valence-corrected chi connectivity index (χ4v) is 10.7. The number of halogens is 3. The van der Waals surface area contributed by atoms with Crippen molar-refractivity contribution in [3.05, 3.63) is 113 Å². The standard InChI is InChI=1S/C54H62F3N11O7S2/c1-31-48(76-30-61-31)35-14-12-33(13-15-35)25-60-51(71)42-24-39(69)29-68(42)52(72)49(54(3,4)5)63-44(70)11-9-7-8-10-22-67-28-37(26-62-67)40-27-59-50(58)45-46(64-66(6)47(40)45)36-18-21-41(65-77(73,74)53(56)57)43(23-36)75-32(2)34-16-19-38(55)20-17-34/h12-21,23,26-28,30,32,39,42,49,53,65,69H,7-11,22,24-25,29H2,1-6H3,(H2,58,59)(H,60,71)(H,63,70)/t32-,39+,42-,49+/m0/s1. The number of aliphatic hydroxyl groups excluding tert-OH is 1. The smallest absolute Gasteiger partial charge is 0.355 e. The summed E-state index contributed by atoms with van der Waals surface area (Å²) in [6.45, 7) is 9.95. The lowest BCUT2D eigenvalue weighted by molar-refractivity contribution is -0.144. The van der Waals surface area contributed by atoms with Gasteiger partial charge in [-0.15, -0.1) is 11.3 Å². The summed E-state index contributed by atoms with van der Waals surface area (Å²) in [5, 5.41) is 26.3. The van der Waals surface area contributed by atoms with Gasteiger partial charge in [-0.25, -0.2) is 22.8 Å². The molecule has 1 aliphatic heterocycles. The number of nitrogen functional groups attached to an aromatic ring is 1. The number of thiazole rings is 1. The number of alkyl halides is 2. The monoisotopic (exact) mass is 1100 g/mol. The second-order valence-electron chi connectivity index (χ2n) is 20.3. The summed E-state index contributed by atoms with van der Waals surface area (Å²) >= 11 is 1.56. The number of aliphatic hydroxyl groups is 1. The Bertz CT molecular complexity index is 3360. The predicted octanol–water partition coefficient (Wildman–Crippen LogP) is 8.52. The van der Waals surface area contributed by atoms with Crippen LogP contribution >= 0.6 is 11.3 Å². The summed E-state index contributed by atoms with van der Waals surface area (Å²) in [6.07, 6.45) is 6.68. The van der Waals surface area contributed by atoms with Gasteiger partial charge in [0.2, 0.25) is 17.7 Å². The lowest BCUT2D eigenvalue weighted by Crippen LogP contribution is -2.57. The van der Waals surface area contributed by atoms with Crippen molar-refractivity contribution in [2.45, 2.75) is 116 Å². The van der Waals surface area contributed by atoms with E-state index in [4.69, 9.17) is 15.6 Å². The number of pyridine rings is 1. The van der Waals surface area contributed by atoms with Gasteiger partial charge in [0.15, 0.2) is 0 Å². The number of carbonyl (C=O) groups is 3. The Labute approximate surface area is 448 Å². The van der Waals surface area contributed by atoms with Crippen LogP contribution in [0.5, 0.6) is 5.75 Å². The first-order valence-electron chi connectivity index (χ1n) is 25.1. The van der Waals surface area contributed by atoms with Crippen molar-refractivity contribution in [2.24, 2.45) is 12.5 Å². The molecule has 3 amide bonds. The van der Waals surface area contributed by atoms with Gasteiger partial charge in [-0.1, -0.05) is 76.1 Å². The molecule has 0 aliphatic carbocycles. The fourth-order valence-electron chi connectivity index (χ4n) is 9.34. The zero-order valence-corrected chi connectivity index (χ0v) is 45.1. The number of amides is 3. The number of rotatable bonds is 21. The predicted molar refractivity (Wildman–Crippen MR) is 288 cm³/mol. The van der Waals surface area contributed by atoms with E-state index in [0.29, 0.717) is 46.3 Å². The highest BCUT2D eigenvalue weighted by molar-refractivity contribution is 7.93. The summed E-state index contributed by atoms with van der Waals surface area (Å²) in [7, 11) is -3.36. The van der Waals surface area contributed by atoms with Crippen LogP contribution in [0.4, 0.5) is 24.7 Å². The van der Waals surface area contributed by atoms with E-state index in [1.54, 1.807) is 52.6 Å². The molecule has 408 valence electrons. The van der Waals surface area contributed by atoms with Crippen molar-refractivity contribution >= 4 is 61.5 Å². The summed E-state index contributed by atoms with van der Waals surface area (Å²) in [5.74, 6) is -5.21. The molecule has 0 radical (unpaired) electrons. The number of aryl methyl sites for hydroxylation is 3. The van der Waals surface area contributed by atoms with Crippen molar-refractivity contribution in [2.75, 3.05) is 17.0 Å². The van der Waals surface area contributed by atoms with Gasteiger partial charge < -0.3 is 31.1 Å². The van der Waals surface area contributed by atoms with Crippen LogP contribution in [-0.2, 0) is 44.5 Å². The molecule has 4 aromatic heterocycles. The van der Waals surface area contributed by atoms with Crippen molar-refractivity contribution in [1.29, 1.82) is 0 Å². The molecule has 18 nitrogen and oxygen atoms in total. The van der Waals surface area contributed by atoms with Gasteiger partial charge in [-0.3, -0.25) is 28.5 Å². The average molecular weight is 1100 g/mol. The Balaban J connectivity index is 0.856. The first-order valence-corrected chi connectivity index (χ1v) is 27.6. The minimum absolute atomic E-state index is 0.0212. The molecule has 6 N–H and O–H groups in total. The molecular weight excluding hydrogens is 1040 g/mol. The van der Waals surface area contributed by atoms with E-state index in [-0.39, 0.29) is 55.0 Å². The maximum absolute atomic E-state index is 14.1. The van der Waals surface area contributed by atoms with E-state index in [9.17, 15) is 41.1 Å². The summed E-state index contributed by atoms with van der Waals surface area (Å²) < 4.78 is 76.7. The van der Waals surface area contributed by atoms with Crippen LogP contribution in [0.25, 0.3) is 43.7 Å². The second kappa shape index (κ2) is 23.5. The zero-order chi connectivity index (χ0) is 55.3. The number of aromatic nitrogens is 6. The normalized spacial score (nSPS) is 15.7. The summed E-state index contributed by atoms with van der Waals surface area (Å²) in [5.41, 5.74) is 13.5. The molecule has 4 atom stereocenters. The number of unbranched alkanes of at least 4 members (excludes halogenated alkanes) is 3. The van der Waals surface area contributed by atoms with Gasteiger partial charge >= 0.3 is 5.76 Å². The third kappa shape index (κ3) is 13.1. The molecule has 7 aromatic rings. The number of ether oxygens (including phenoxy) is 1. The fraction of sp³-hybridized carbons (Fsp3) is 0.389. The van der Waals surface area contributed by atoms with Gasteiger partial charge in [-0.2, -0.15) is 19.0 Å². The van der Waals surface area contributed by atoms with Crippen LogP contribution in [0.15, 0.2) is 90.8 Å². The number of carbonyl (C=O) groups excluding carboxylic acids is 3. The Morgan fingerprint density at radius 2 is 1.68 bits per heavy atom. The van der Waals surface area contributed by atoms with Gasteiger partial charge in [0.25, 0.3) is 10.0 Å². The summed E-state index contributed by atoms with van der Waals surface area (Å²) in [4.78, 5) is 52.3. The van der Waals surface area contributed by atoms with Crippen LogP contribution in [-0.4, -0.2) is 96.2 Å². The van der Waals surface area contributed by atoms with Gasteiger partial charge in [-0.05, 0) is 73.1 Å². The highest BCUT2D eigenvalue weighted by atomic mass is 32.2. The molecule has 23 heteroatoms. The first-order chi connectivity index (χ1) is 36.6. The van der Waals surface area contributed by atoms with Crippen LogP contribution in [0.3, 0.4) is 0 Å². The van der Waals surface area contributed by atoms with E-state index < -0.39 is 57.2 Å². The minimum atomic E-state index is -5.08. The van der Waals surface area contributed by atoms with E-state index in [0.717, 1.165) is 46.5 Å². The SMILES string of the molecule is Cc1ncsc1-c1ccc(CNC(=O)[C@@H]2C[C@@H](O)CN2C(=O)[C@@H](NC(=O)CCCCCCn2cc(-c3cnc(N)c4c(-c5ccc(NS(=O)(=O)C(F)F)c(O[C@@H](C)c6ccc(F)cc6)c5)nn(C)c34)cn2)C(C)(C)C)cc1. The number of anilines is 2. The lowest BCUT2D eigenvalue weighted by Gasteiger charge is -2.35. The quantitative estimate of drug-likeness (QED) is 0.0426. The van der Waals surface area contributed by atoms with Crippen molar-refractivity contribution < 1.29 is 45.8 Å². The molecule has 0 spiro atoms. The topological polar surface area (TPSA) is 242 Å². The summed E-state index contributed by atoms with van der Waals surface area (Å²) in [6, 6.07) is 15.7. The highest BCUT2D eigenvalue weighted by Gasteiger charge is 2.44. The van der Waals surface area contributed by atoms with Gasteiger partial charge in [0.05, 0.1) is 45.0 Å². The largest absolute Gasteiger partial charge is 0.484 e. The molecule has 0 bridgehead atoms. The van der Waals surface area contributed by atoms with Crippen LogP contribution in [0.1, 0.15) is 89.1 Å². The number of sulfonamides is 1. The second-order valence-corrected chi connectivity index (χ2v) is 22.8. The maximum Gasteiger partial charge on any atom is 0.355 e. The van der Waals surface area contributed by atoms with E-state index in [2.05, 4.69) is 25.7 Å². The molecule has 0 saturated carbocycles. The molecule has 5 heterocycles. The van der Waals surface area contributed by atoms with Crippen LogP contribution in [0.2, 0.25) is 0 Å². The van der Waals surface area contributed by atoms with Crippen molar-refractivity contribution in [1.82, 2.24) is 45.1 Å². The molecule has 1 fully saturated rings. The molecule has 8 rings (SSSR count). The Morgan fingerprint density at radius 1 is 0.961 bits per heavy atom. The molecular formula is C54H62F3N11O7S2. The number of nitrogens with one attached hydrogen (secondary N) is 3. The molecule has 1 aliphatic rings. The number of nitrogens with two attached hydrogens (primary N) is 1. The highest BCUT2D eigenvalue weighted by Crippen LogP contribution is 2.41. The number of hydrogen-bond acceptors (Lipinski definition) is 13. The first kappa shape index (κ1) is 55.9. The Morgan fingerprint density at radius 3 is 2.36 bits per heavy atom. The van der Waals surface area contributed by atoms with Crippen molar-refractivity contribution in [3.63, 3.8) is 0 Å². The van der Waals surface area contributed by atoms with Crippen LogP contribution in [0, 0.1) is 18.2 Å². The van der Waals surface area contributed by atoms with E-state index in [1.807, 2.05) is 62.9 Å². The minimum Gasteiger partial charge on any atom is -0.484 e. The third-order valence-corrected chi connectivity index (χ3v) is 15.4. The van der Waals surface area contributed by atoms with Crippen LogP contribution < -0.4 is 25.8 Å². The lowest BCUT2D eigenvalue weighted by atomic mass is 9.85. The number of likely N-dealkylation sites (tertiary alicyclic amines) is 1. The molecule has 77 heavy (non-hydrogen) atoms. The zero-order valence-electron chi connectivity index (χ0n) is 43.5. The van der Waals surface area contributed by atoms with E-state index in [1.165, 1.54) is 47.4 Å². The molecule has 3 aromatic carbocycles. The van der Waals surface area contributed by atoms with Gasteiger partial charge in [0, 0.05) is 68.6 Å². The third-order valence-electron chi connectivity index (χ3n) is 13.5. The number of fused-ring (bicyclic) bond motifs is 1. The number of nitrogens with zero attached hydrogens (tertiary/aromatic N) is 7. The number of hydrogen-bond donors (Lipinski definition) is 5. The molecule has 0 unspecified atom stereocenters. The molecule has 1 saturated heterocycles. The average Bonchev–Trinajstić information content (AvgIpc) is 4.25. The number of benzene rings is 3. The van der Waals surface area contributed by atoms with Gasteiger partial charge in [0.1, 0.15) is 41.3 Å². The Hall–Kier alpha value is -7.37. The number of β-amino-alcohol motifs (C(OH)–C–C–N with tert-alkyl or cyclic N) is 1. The Kier molecular flexibility index (Phi) is 17.0. The van der Waals surface area contributed by atoms with E-state index >= 15 is 0 Å². The maximum atomic E-state index is 14.1.